The normalized spacial score (nSPS) is 25.8. The van der Waals surface area contributed by atoms with E-state index in [9.17, 15) is 9.59 Å². The van der Waals surface area contributed by atoms with Crippen molar-refractivity contribution in [3.05, 3.63) is 0 Å². The molecule has 0 aromatic rings. The van der Waals surface area contributed by atoms with Crippen molar-refractivity contribution in [2.75, 3.05) is 6.54 Å². The molecule has 16 heavy (non-hydrogen) atoms. The van der Waals surface area contributed by atoms with Crippen LogP contribution in [0.15, 0.2) is 0 Å². The number of nitrogens with zero attached hydrogens (tertiary/aromatic N) is 1. The first kappa shape index (κ1) is 13.0. The van der Waals surface area contributed by atoms with Crippen molar-refractivity contribution < 1.29 is 9.59 Å². The van der Waals surface area contributed by atoms with Gasteiger partial charge in [0.2, 0.25) is 11.8 Å². The number of unbranched alkanes of at least 4 members (excludes halogenated alkanes) is 2. The topological polar surface area (TPSA) is 49.4 Å². The first-order valence-electron chi connectivity index (χ1n) is 6.22. The molecule has 2 atom stereocenters. The average molecular weight is 226 g/mol. The predicted molar refractivity (Wildman–Crippen MR) is 62.9 cm³/mol. The van der Waals surface area contributed by atoms with Gasteiger partial charge in [0, 0.05) is 6.54 Å². The van der Waals surface area contributed by atoms with E-state index in [4.69, 9.17) is 0 Å². The molecule has 4 heteroatoms. The maximum Gasteiger partial charge on any atom is 0.245 e. The molecule has 4 nitrogen and oxygen atoms in total. The molecule has 1 heterocycles. The Morgan fingerprint density at radius 2 is 1.94 bits per heavy atom. The monoisotopic (exact) mass is 226 g/mol. The quantitative estimate of drug-likeness (QED) is 0.718. The van der Waals surface area contributed by atoms with Crippen LogP contribution in [-0.2, 0) is 9.59 Å². The second-order valence-electron chi connectivity index (χ2n) is 4.38. The maximum absolute atomic E-state index is 12.0. The minimum Gasteiger partial charge on any atom is -0.343 e. The predicted octanol–water partition coefficient (Wildman–Crippen LogP) is 1.30. The molecule has 0 aliphatic carbocycles. The Labute approximate surface area is 97.4 Å². The summed E-state index contributed by atoms with van der Waals surface area (Å²) in [6, 6.07) is -0.627. The third-order valence-corrected chi connectivity index (χ3v) is 3.16. The Kier molecular flexibility index (Phi) is 4.77. The molecule has 0 aromatic heterocycles. The second-order valence-corrected chi connectivity index (χ2v) is 4.38. The minimum absolute atomic E-state index is 0.0250. The van der Waals surface area contributed by atoms with Crippen LogP contribution in [0.2, 0.25) is 0 Å². The van der Waals surface area contributed by atoms with Gasteiger partial charge in [0.1, 0.15) is 12.1 Å². The van der Waals surface area contributed by atoms with Crippen LogP contribution in [0.4, 0.5) is 0 Å². The second kappa shape index (κ2) is 5.87. The lowest BCUT2D eigenvalue weighted by molar-refractivity contribution is -0.148. The molecule has 0 saturated carbocycles. The third-order valence-electron chi connectivity index (χ3n) is 3.16. The Morgan fingerprint density at radius 1 is 1.25 bits per heavy atom. The molecule has 1 saturated heterocycles. The molecule has 0 aromatic carbocycles. The van der Waals surface area contributed by atoms with Crippen LogP contribution in [0.25, 0.3) is 0 Å². The highest BCUT2D eigenvalue weighted by atomic mass is 16.2. The number of amides is 2. The van der Waals surface area contributed by atoms with E-state index >= 15 is 0 Å². The molecule has 0 radical (unpaired) electrons. The van der Waals surface area contributed by atoms with E-state index in [0.29, 0.717) is 13.0 Å². The SMILES string of the molecule is CCCCCN1C(=O)C(CC)NC(=O)C1C. The van der Waals surface area contributed by atoms with E-state index in [0.717, 1.165) is 19.3 Å². The van der Waals surface area contributed by atoms with Crippen LogP contribution >= 0.6 is 0 Å². The summed E-state index contributed by atoms with van der Waals surface area (Å²) in [6.45, 7) is 6.55. The number of carbonyl (C=O) groups is 2. The van der Waals surface area contributed by atoms with Crippen LogP contribution in [0.1, 0.15) is 46.5 Å². The molecule has 1 N–H and O–H groups in total. The smallest absolute Gasteiger partial charge is 0.245 e. The molecule has 1 fully saturated rings. The number of hydrogen-bond donors (Lipinski definition) is 1. The van der Waals surface area contributed by atoms with Crippen molar-refractivity contribution in [1.82, 2.24) is 10.2 Å². The van der Waals surface area contributed by atoms with E-state index < -0.39 is 0 Å². The standard InChI is InChI=1S/C12H22N2O2/c1-4-6-7-8-14-9(3)11(15)13-10(5-2)12(14)16/h9-10H,4-8H2,1-3H3,(H,13,15). The molecule has 2 amide bonds. The molecule has 92 valence electrons. The van der Waals surface area contributed by atoms with Gasteiger partial charge in [0.05, 0.1) is 0 Å². The van der Waals surface area contributed by atoms with Gasteiger partial charge < -0.3 is 10.2 Å². The Morgan fingerprint density at radius 3 is 2.50 bits per heavy atom. The van der Waals surface area contributed by atoms with Crippen molar-refractivity contribution in [1.29, 1.82) is 0 Å². The van der Waals surface area contributed by atoms with Gasteiger partial charge in [-0.1, -0.05) is 26.7 Å². The van der Waals surface area contributed by atoms with Crippen molar-refractivity contribution in [3.8, 4) is 0 Å². The summed E-state index contributed by atoms with van der Waals surface area (Å²) in [7, 11) is 0. The molecule has 2 unspecified atom stereocenters. The lowest BCUT2D eigenvalue weighted by Crippen LogP contribution is -2.62. The van der Waals surface area contributed by atoms with Gasteiger partial charge in [0.15, 0.2) is 0 Å². The molecular weight excluding hydrogens is 204 g/mol. The van der Waals surface area contributed by atoms with Crippen LogP contribution in [0.5, 0.6) is 0 Å². The fourth-order valence-electron chi connectivity index (χ4n) is 2.00. The first-order valence-corrected chi connectivity index (χ1v) is 6.22. The van der Waals surface area contributed by atoms with Gasteiger partial charge in [-0.2, -0.15) is 0 Å². The van der Waals surface area contributed by atoms with Crippen molar-refractivity contribution >= 4 is 11.8 Å². The summed E-state index contributed by atoms with van der Waals surface area (Å²) in [5.41, 5.74) is 0. The van der Waals surface area contributed by atoms with Crippen molar-refractivity contribution in [3.63, 3.8) is 0 Å². The van der Waals surface area contributed by atoms with E-state index in [2.05, 4.69) is 12.2 Å². The number of hydrogen-bond acceptors (Lipinski definition) is 2. The Bertz CT molecular complexity index is 266. The van der Waals surface area contributed by atoms with Gasteiger partial charge in [-0.25, -0.2) is 0 Å². The average Bonchev–Trinajstić information content (AvgIpc) is 2.28. The van der Waals surface area contributed by atoms with Crippen molar-refractivity contribution in [2.24, 2.45) is 0 Å². The zero-order valence-corrected chi connectivity index (χ0v) is 10.5. The van der Waals surface area contributed by atoms with Gasteiger partial charge in [0.25, 0.3) is 0 Å². The van der Waals surface area contributed by atoms with Crippen LogP contribution in [-0.4, -0.2) is 35.3 Å². The summed E-state index contributed by atoms with van der Waals surface area (Å²) in [5, 5.41) is 2.76. The van der Waals surface area contributed by atoms with E-state index in [1.165, 1.54) is 0 Å². The van der Waals surface area contributed by atoms with E-state index in [-0.39, 0.29) is 23.9 Å². The van der Waals surface area contributed by atoms with Gasteiger partial charge in [-0.15, -0.1) is 0 Å². The molecular formula is C12H22N2O2. The number of piperazine rings is 1. The fourth-order valence-corrected chi connectivity index (χ4v) is 2.00. The largest absolute Gasteiger partial charge is 0.343 e. The summed E-state index contributed by atoms with van der Waals surface area (Å²) in [4.78, 5) is 25.4. The lowest BCUT2D eigenvalue weighted by Gasteiger charge is -2.37. The highest BCUT2D eigenvalue weighted by Crippen LogP contribution is 2.13. The van der Waals surface area contributed by atoms with Crippen LogP contribution < -0.4 is 5.32 Å². The zero-order chi connectivity index (χ0) is 12.1. The third kappa shape index (κ3) is 2.74. The Balaban J connectivity index is 2.62. The zero-order valence-electron chi connectivity index (χ0n) is 10.5. The molecule has 0 bridgehead atoms. The highest BCUT2D eigenvalue weighted by Gasteiger charge is 2.36. The maximum atomic E-state index is 12.0. The van der Waals surface area contributed by atoms with Gasteiger partial charge in [-0.05, 0) is 19.8 Å². The van der Waals surface area contributed by atoms with Crippen LogP contribution in [0, 0.1) is 0 Å². The van der Waals surface area contributed by atoms with E-state index in [1.54, 1.807) is 11.8 Å². The van der Waals surface area contributed by atoms with Gasteiger partial charge >= 0.3 is 0 Å². The molecule has 0 spiro atoms. The summed E-state index contributed by atoms with van der Waals surface area (Å²) in [6.07, 6.45) is 3.88. The van der Waals surface area contributed by atoms with Gasteiger partial charge in [-0.3, -0.25) is 9.59 Å². The number of carbonyl (C=O) groups excluding carboxylic acids is 2. The molecule has 1 rings (SSSR count). The summed E-state index contributed by atoms with van der Waals surface area (Å²) in [5.74, 6) is 0.0497. The first-order chi connectivity index (χ1) is 7.61. The summed E-state index contributed by atoms with van der Waals surface area (Å²) < 4.78 is 0. The van der Waals surface area contributed by atoms with Crippen molar-refractivity contribution in [2.45, 2.75) is 58.5 Å². The number of nitrogens with one attached hydrogen (secondary N) is 1. The lowest BCUT2D eigenvalue weighted by atomic mass is 10.1. The minimum atomic E-state index is -0.315. The van der Waals surface area contributed by atoms with Crippen LogP contribution in [0.3, 0.4) is 0 Å². The fraction of sp³-hybridized carbons (Fsp3) is 0.833. The number of rotatable bonds is 5. The molecule has 1 aliphatic heterocycles. The Hall–Kier alpha value is -1.06. The van der Waals surface area contributed by atoms with E-state index in [1.807, 2.05) is 6.92 Å². The highest BCUT2D eigenvalue weighted by molar-refractivity contribution is 5.96. The summed E-state index contributed by atoms with van der Waals surface area (Å²) >= 11 is 0. The molecule has 1 aliphatic rings.